The monoisotopic (exact) mass is 454 g/mol. The van der Waals surface area contributed by atoms with Crippen LogP contribution in [0.25, 0.3) is 0 Å². The Morgan fingerprint density at radius 2 is 1.34 bits per heavy atom. The lowest BCUT2D eigenvalue weighted by atomic mass is 9.99. The molecule has 0 amide bonds. The summed E-state index contributed by atoms with van der Waals surface area (Å²) in [5.41, 5.74) is -0.758. The standard InChI is InChI=1S/C27H38O4Si/c1-25(2,3)31-24-23(29)22(28)21-17-27(21,24)18-30-32(26(4,5)6,19-13-9-7-10-14-19)20-15-11-8-12-16-20/h7-16,21-24,28-29H,17-18H2,1-6H3/t21-,22+,23+,24+,27+/m1/s1. The fourth-order valence-corrected chi connectivity index (χ4v) is 10.4. The molecule has 5 atom stereocenters. The first-order valence-corrected chi connectivity index (χ1v) is 13.6. The molecule has 2 aromatic rings. The minimum Gasteiger partial charge on any atom is -0.407 e. The molecular weight excluding hydrogens is 416 g/mol. The smallest absolute Gasteiger partial charge is 0.261 e. The third-order valence-corrected chi connectivity index (χ3v) is 12.3. The Balaban J connectivity index is 1.75. The van der Waals surface area contributed by atoms with Crippen LogP contribution in [0.2, 0.25) is 5.04 Å². The quantitative estimate of drug-likeness (QED) is 0.656. The third kappa shape index (κ3) is 3.88. The molecule has 5 heteroatoms. The van der Waals surface area contributed by atoms with Gasteiger partial charge in [-0.05, 0) is 48.5 Å². The van der Waals surface area contributed by atoms with Crippen molar-refractivity contribution in [3.05, 3.63) is 60.7 Å². The molecular formula is C27H38O4Si. The molecule has 2 fully saturated rings. The molecule has 2 aliphatic carbocycles. The van der Waals surface area contributed by atoms with Crippen molar-refractivity contribution in [1.29, 1.82) is 0 Å². The van der Waals surface area contributed by atoms with E-state index in [1.807, 2.05) is 32.9 Å². The minimum atomic E-state index is -2.69. The Labute approximate surface area is 193 Å². The van der Waals surface area contributed by atoms with E-state index < -0.39 is 32.2 Å². The number of ether oxygens (including phenoxy) is 1. The molecule has 0 heterocycles. The number of fused-ring (bicyclic) bond motifs is 1. The second kappa shape index (κ2) is 8.07. The first-order valence-electron chi connectivity index (χ1n) is 11.7. The molecule has 0 aliphatic heterocycles. The molecule has 2 saturated carbocycles. The molecule has 0 unspecified atom stereocenters. The van der Waals surface area contributed by atoms with Gasteiger partial charge in [0.05, 0.1) is 17.8 Å². The van der Waals surface area contributed by atoms with Crippen LogP contribution in [-0.4, -0.2) is 49.1 Å². The van der Waals surface area contributed by atoms with Crippen LogP contribution >= 0.6 is 0 Å². The molecule has 2 N–H and O–H groups in total. The number of aliphatic hydroxyl groups excluding tert-OH is 2. The van der Waals surface area contributed by atoms with Gasteiger partial charge in [-0.25, -0.2) is 0 Å². The summed E-state index contributed by atoms with van der Waals surface area (Å²) in [6, 6.07) is 21.2. The van der Waals surface area contributed by atoms with E-state index in [-0.39, 0.29) is 16.4 Å². The fraction of sp³-hybridized carbons (Fsp3) is 0.556. The van der Waals surface area contributed by atoms with E-state index in [1.54, 1.807) is 0 Å². The Kier molecular flexibility index (Phi) is 5.96. The van der Waals surface area contributed by atoms with E-state index >= 15 is 0 Å². The van der Waals surface area contributed by atoms with Crippen LogP contribution in [0, 0.1) is 11.3 Å². The average molecular weight is 455 g/mol. The van der Waals surface area contributed by atoms with Gasteiger partial charge in [-0.2, -0.15) is 0 Å². The molecule has 2 aromatic carbocycles. The summed E-state index contributed by atoms with van der Waals surface area (Å²) in [6.07, 6.45) is -1.24. The fourth-order valence-electron chi connectivity index (χ4n) is 5.72. The highest BCUT2D eigenvalue weighted by molar-refractivity contribution is 6.99. The van der Waals surface area contributed by atoms with Gasteiger partial charge in [0.15, 0.2) is 0 Å². The molecule has 0 aromatic heterocycles. The first kappa shape index (κ1) is 23.6. The maximum Gasteiger partial charge on any atom is 0.261 e. The summed E-state index contributed by atoms with van der Waals surface area (Å²) in [5.74, 6) is 0.0167. The van der Waals surface area contributed by atoms with Crippen molar-refractivity contribution in [3.63, 3.8) is 0 Å². The number of hydrogen-bond donors (Lipinski definition) is 2. The van der Waals surface area contributed by atoms with E-state index in [4.69, 9.17) is 9.16 Å². The van der Waals surface area contributed by atoms with Gasteiger partial charge < -0.3 is 19.4 Å². The molecule has 0 spiro atoms. The van der Waals surface area contributed by atoms with E-state index in [9.17, 15) is 10.2 Å². The van der Waals surface area contributed by atoms with Crippen molar-refractivity contribution in [2.75, 3.05) is 6.61 Å². The molecule has 0 saturated heterocycles. The van der Waals surface area contributed by atoms with Crippen LogP contribution < -0.4 is 10.4 Å². The second-order valence-electron chi connectivity index (χ2n) is 11.6. The highest BCUT2D eigenvalue weighted by Gasteiger charge is 2.72. The van der Waals surface area contributed by atoms with Crippen LogP contribution in [0.1, 0.15) is 48.0 Å². The predicted molar refractivity (Wildman–Crippen MR) is 131 cm³/mol. The van der Waals surface area contributed by atoms with Crippen LogP contribution in [0.15, 0.2) is 60.7 Å². The van der Waals surface area contributed by atoms with Crippen molar-refractivity contribution in [2.24, 2.45) is 11.3 Å². The number of aliphatic hydroxyl groups is 2. The zero-order valence-corrected chi connectivity index (χ0v) is 21.2. The van der Waals surface area contributed by atoms with Gasteiger partial charge in [0.25, 0.3) is 8.32 Å². The Morgan fingerprint density at radius 1 is 0.844 bits per heavy atom. The summed E-state index contributed by atoms with van der Waals surface area (Å²) in [7, 11) is -2.69. The molecule has 32 heavy (non-hydrogen) atoms. The second-order valence-corrected chi connectivity index (χ2v) is 15.9. The summed E-state index contributed by atoms with van der Waals surface area (Å²) < 4.78 is 13.5. The zero-order chi connectivity index (χ0) is 23.4. The van der Waals surface area contributed by atoms with Gasteiger partial charge in [0.2, 0.25) is 0 Å². The third-order valence-electron chi connectivity index (χ3n) is 7.27. The number of benzene rings is 2. The summed E-state index contributed by atoms with van der Waals surface area (Å²) >= 11 is 0. The van der Waals surface area contributed by atoms with Crippen molar-refractivity contribution >= 4 is 18.7 Å². The van der Waals surface area contributed by atoms with Crippen molar-refractivity contribution in [3.8, 4) is 0 Å². The summed E-state index contributed by atoms with van der Waals surface area (Å²) in [5, 5.41) is 23.8. The minimum absolute atomic E-state index is 0.0167. The van der Waals surface area contributed by atoms with Gasteiger partial charge in [-0.3, -0.25) is 0 Å². The van der Waals surface area contributed by atoms with Gasteiger partial charge >= 0.3 is 0 Å². The van der Waals surface area contributed by atoms with E-state index in [2.05, 4.69) is 69.3 Å². The first-order chi connectivity index (χ1) is 14.9. The predicted octanol–water partition coefficient (Wildman–Crippen LogP) is 3.49. The number of hydrogen-bond acceptors (Lipinski definition) is 4. The molecule has 0 bridgehead atoms. The largest absolute Gasteiger partial charge is 0.407 e. The van der Waals surface area contributed by atoms with Crippen molar-refractivity contribution < 1.29 is 19.4 Å². The van der Waals surface area contributed by atoms with Gasteiger partial charge in [-0.1, -0.05) is 81.4 Å². The average Bonchev–Trinajstić information content (AvgIpc) is 3.42. The van der Waals surface area contributed by atoms with Gasteiger partial charge in [-0.15, -0.1) is 0 Å². The summed E-state index contributed by atoms with van der Waals surface area (Å²) in [4.78, 5) is 0. The van der Waals surface area contributed by atoms with Crippen LogP contribution in [-0.2, 0) is 9.16 Å². The van der Waals surface area contributed by atoms with Crippen molar-refractivity contribution in [1.82, 2.24) is 0 Å². The zero-order valence-electron chi connectivity index (χ0n) is 20.2. The maximum absolute atomic E-state index is 10.8. The van der Waals surface area contributed by atoms with E-state index in [0.717, 1.165) is 6.42 Å². The lowest BCUT2D eigenvalue weighted by molar-refractivity contribution is -0.146. The van der Waals surface area contributed by atoms with Crippen LogP contribution in [0.5, 0.6) is 0 Å². The summed E-state index contributed by atoms with van der Waals surface area (Å²) in [6.45, 7) is 13.3. The van der Waals surface area contributed by atoms with Crippen molar-refractivity contribution in [2.45, 2.75) is 76.9 Å². The molecule has 4 nitrogen and oxygen atoms in total. The Bertz CT molecular complexity index is 879. The topological polar surface area (TPSA) is 58.9 Å². The SMILES string of the molecule is CC(C)(C)O[C@H]1[C@@H](O)[C@@H](O)[C@H]2C[C@]21CO[Si](c1ccccc1)(c1ccccc1)C(C)(C)C. The molecule has 4 rings (SSSR count). The lowest BCUT2D eigenvalue weighted by Crippen LogP contribution is -2.67. The molecule has 2 aliphatic rings. The van der Waals surface area contributed by atoms with E-state index in [0.29, 0.717) is 6.61 Å². The van der Waals surface area contributed by atoms with Gasteiger partial charge in [0, 0.05) is 12.0 Å². The lowest BCUT2D eigenvalue weighted by Gasteiger charge is -2.44. The van der Waals surface area contributed by atoms with E-state index in [1.165, 1.54) is 10.4 Å². The highest BCUT2D eigenvalue weighted by atomic mass is 28.4. The molecule has 174 valence electrons. The Morgan fingerprint density at radius 3 is 1.78 bits per heavy atom. The van der Waals surface area contributed by atoms with Crippen LogP contribution in [0.4, 0.5) is 0 Å². The maximum atomic E-state index is 10.8. The number of rotatable bonds is 6. The van der Waals surface area contributed by atoms with Crippen LogP contribution in [0.3, 0.4) is 0 Å². The Hall–Kier alpha value is -1.50. The highest BCUT2D eigenvalue weighted by Crippen LogP contribution is 2.65. The van der Waals surface area contributed by atoms with Gasteiger partial charge in [0.1, 0.15) is 6.10 Å². The molecule has 0 radical (unpaired) electrons. The normalized spacial score (nSPS) is 30.2.